The number of H-pyrrole nitrogens is 2. The minimum atomic E-state index is 0.730. The maximum absolute atomic E-state index is 3.49. The third kappa shape index (κ3) is 2.85. The Kier molecular flexibility index (Phi) is 4.04. The van der Waals surface area contributed by atoms with Crippen LogP contribution in [0.5, 0.6) is 0 Å². The summed E-state index contributed by atoms with van der Waals surface area (Å²) in [4.78, 5) is 6.87. The van der Waals surface area contributed by atoms with Crippen LogP contribution in [0.3, 0.4) is 0 Å². The molecule has 3 heteroatoms. The van der Waals surface area contributed by atoms with Crippen molar-refractivity contribution in [3.8, 4) is 0 Å². The molecule has 6 aromatic rings. The monoisotopic (exact) mass is 404 g/mol. The van der Waals surface area contributed by atoms with Gasteiger partial charge in [-0.1, -0.05) is 36.4 Å². The number of para-hydroxylation sites is 4. The van der Waals surface area contributed by atoms with Crippen LogP contribution in [0.15, 0.2) is 91.0 Å². The first-order valence-electron chi connectivity index (χ1n) is 9.23. The van der Waals surface area contributed by atoms with E-state index in [4.69, 9.17) is 0 Å². The van der Waals surface area contributed by atoms with E-state index >= 15 is 0 Å². The van der Waals surface area contributed by atoms with Gasteiger partial charge >= 0.3 is 92.0 Å². The number of aromatic nitrogens is 2. The predicted octanol–water partition coefficient (Wildman–Crippen LogP) is 4.90. The zero-order valence-corrected chi connectivity index (χ0v) is 19.4. The van der Waals surface area contributed by atoms with Crippen LogP contribution in [0.4, 0.5) is 0 Å². The smallest absolute Gasteiger partial charge is 0.0464 e. The molecule has 0 fully saturated rings. The van der Waals surface area contributed by atoms with Crippen LogP contribution in [-0.2, 0) is 0 Å². The van der Waals surface area contributed by atoms with Crippen molar-refractivity contribution in [3.63, 3.8) is 0 Å². The summed E-state index contributed by atoms with van der Waals surface area (Å²) in [5, 5.41) is 5.32. The zero-order valence-electron chi connectivity index (χ0n) is 15.2. The van der Waals surface area contributed by atoms with E-state index in [-0.39, 0.29) is 0 Å². The van der Waals surface area contributed by atoms with Crippen molar-refractivity contribution in [2.75, 3.05) is 0 Å². The molecule has 0 aliphatic rings. The molecule has 0 amide bonds. The Morgan fingerprint density at radius 2 is 0.889 bits per heavy atom. The van der Waals surface area contributed by atoms with Crippen molar-refractivity contribution in [3.05, 3.63) is 91.0 Å². The van der Waals surface area contributed by atoms with Crippen LogP contribution in [0.2, 0.25) is 0 Å². The molecule has 0 atom stereocenters. The van der Waals surface area contributed by atoms with E-state index in [9.17, 15) is 0 Å². The van der Waals surface area contributed by atoms with E-state index in [1.807, 2.05) is 0 Å². The number of aromatic amines is 2. The Morgan fingerprint density at radius 1 is 0.444 bits per heavy atom. The van der Waals surface area contributed by atoms with Crippen molar-refractivity contribution in [2.45, 2.75) is 0 Å². The van der Waals surface area contributed by atoms with Gasteiger partial charge in [0.15, 0.2) is 0 Å². The summed E-state index contributed by atoms with van der Waals surface area (Å²) in [6.07, 6.45) is 0. The minimum Gasteiger partial charge on any atom is -0.355 e. The van der Waals surface area contributed by atoms with Gasteiger partial charge in [0.05, 0.1) is 0 Å². The average molecular weight is 405 g/mol. The van der Waals surface area contributed by atoms with Crippen molar-refractivity contribution in [2.24, 2.45) is 0 Å². The quantitative estimate of drug-likeness (QED) is 0.337. The molecule has 0 unspecified atom stereocenters. The van der Waals surface area contributed by atoms with E-state index < -0.39 is 0 Å². The summed E-state index contributed by atoms with van der Waals surface area (Å²) >= 11 is 0.730. The second kappa shape index (κ2) is 6.69. The van der Waals surface area contributed by atoms with Gasteiger partial charge in [0.1, 0.15) is 0 Å². The molecule has 128 valence electrons. The topological polar surface area (TPSA) is 31.6 Å². The van der Waals surface area contributed by atoms with E-state index in [2.05, 4.69) is 101 Å². The summed E-state index contributed by atoms with van der Waals surface area (Å²) in [7, 11) is 0. The molecule has 0 spiro atoms. The van der Waals surface area contributed by atoms with Gasteiger partial charge in [0.2, 0.25) is 0 Å². The van der Waals surface area contributed by atoms with Gasteiger partial charge in [-0.3, -0.25) is 0 Å². The third-order valence-corrected chi connectivity index (χ3v) is 6.91. The summed E-state index contributed by atoms with van der Waals surface area (Å²) in [5.74, 6) is 0. The molecule has 27 heavy (non-hydrogen) atoms. The number of benzene rings is 4. The molecule has 0 bridgehead atoms. The van der Waals surface area contributed by atoms with Gasteiger partial charge in [-0.25, -0.2) is 0 Å². The fourth-order valence-corrected chi connectivity index (χ4v) is 5.05. The Balaban J connectivity index is 0.000000119. The van der Waals surface area contributed by atoms with Gasteiger partial charge in [-0.2, -0.15) is 0 Å². The van der Waals surface area contributed by atoms with Gasteiger partial charge in [0.25, 0.3) is 0 Å². The first kappa shape index (κ1) is 16.3. The van der Waals surface area contributed by atoms with Crippen LogP contribution in [-0.4, -0.2) is 28.6 Å². The average Bonchev–Trinajstić information content (AvgIpc) is 3.28. The maximum atomic E-state index is 3.49. The Bertz CT molecular complexity index is 1340. The molecule has 0 saturated carbocycles. The molecular weight excluding hydrogens is 386 g/mol. The van der Waals surface area contributed by atoms with Gasteiger partial charge in [0, 0.05) is 21.8 Å². The fraction of sp³-hybridized carbons (Fsp3) is 0. The van der Waals surface area contributed by atoms with Gasteiger partial charge in [-0.05, 0) is 12.1 Å². The zero-order chi connectivity index (χ0) is 18.2. The summed E-state index contributed by atoms with van der Waals surface area (Å²) in [5.41, 5.74) is 5.01. The van der Waals surface area contributed by atoms with Crippen LogP contribution < -0.4 is 4.12 Å². The van der Waals surface area contributed by atoms with Gasteiger partial charge in [-0.15, -0.1) is 0 Å². The molecule has 0 aliphatic heterocycles. The van der Waals surface area contributed by atoms with Crippen LogP contribution in [0.1, 0.15) is 0 Å². The SMILES string of the molecule is [GaH2][c]1cccc2c1[nH]c1ccccc12.c1ccc2c(c1)[nH]c1ccccc12. The molecule has 0 saturated heterocycles. The summed E-state index contributed by atoms with van der Waals surface area (Å²) in [6, 6.07) is 31.8. The second-order valence-corrected chi connectivity index (χ2v) is 9.14. The second-order valence-electron chi connectivity index (χ2n) is 6.88. The molecule has 0 aliphatic carbocycles. The van der Waals surface area contributed by atoms with E-state index in [1.165, 1.54) is 47.7 Å². The Morgan fingerprint density at radius 3 is 1.48 bits per heavy atom. The number of fused-ring (bicyclic) bond motifs is 6. The molecule has 2 aromatic heterocycles. The summed E-state index contributed by atoms with van der Waals surface area (Å²) in [6.45, 7) is 0. The van der Waals surface area contributed by atoms with E-state index in [0.717, 1.165) is 18.6 Å². The molecule has 4 aromatic carbocycles. The van der Waals surface area contributed by atoms with Crippen molar-refractivity contribution >= 4 is 66.3 Å². The number of nitrogens with one attached hydrogen (secondary N) is 2. The first-order valence-corrected chi connectivity index (χ1v) is 11.3. The van der Waals surface area contributed by atoms with Gasteiger partial charge < -0.3 is 4.98 Å². The fourth-order valence-electron chi connectivity index (χ4n) is 3.82. The third-order valence-electron chi connectivity index (χ3n) is 5.16. The normalized spacial score (nSPS) is 11.1. The van der Waals surface area contributed by atoms with Crippen molar-refractivity contribution in [1.29, 1.82) is 0 Å². The molecule has 2 heterocycles. The standard InChI is InChI=1S/C12H9N.C12H8N.Ga.2H/c2*1-3-7-11-9(5-1)10-6-2-4-8-12(10)13-11;;;/h1-8,13H;1-7,13H;;;. The maximum Gasteiger partial charge on any atom is 0.0464 e. The molecular formula is C24H19GaN2. The molecule has 2 N–H and O–H groups in total. The van der Waals surface area contributed by atoms with E-state index in [1.54, 1.807) is 0 Å². The molecule has 0 radical (unpaired) electrons. The number of hydrogen-bond donors (Lipinski definition) is 2. The van der Waals surface area contributed by atoms with Crippen LogP contribution >= 0.6 is 0 Å². The van der Waals surface area contributed by atoms with Crippen LogP contribution in [0.25, 0.3) is 43.6 Å². The largest absolute Gasteiger partial charge is 0.355 e. The van der Waals surface area contributed by atoms with Crippen LogP contribution in [0, 0.1) is 0 Å². The Hall–Kier alpha value is -2.88. The number of hydrogen-bond acceptors (Lipinski definition) is 0. The molecule has 6 rings (SSSR count). The minimum absolute atomic E-state index is 0.730. The predicted molar refractivity (Wildman–Crippen MR) is 120 cm³/mol. The van der Waals surface area contributed by atoms with Crippen molar-refractivity contribution in [1.82, 2.24) is 9.97 Å². The Labute approximate surface area is 167 Å². The number of rotatable bonds is 0. The van der Waals surface area contributed by atoms with Crippen molar-refractivity contribution < 1.29 is 0 Å². The summed E-state index contributed by atoms with van der Waals surface area (Å²) < 4.78 is 1.49. The molecule has 2 nitrogen and oxygen atoms in total. The first-order chi connectivity index (χ1) is 13.3. The van der Waals surface area contributed by atoms with E-state index in [0.29, 0.717) is 0 Å².